The molecule has 0 aliphatic carbocycles. The SMILES string of the molecule is CC(C)OC(=O)[C@H](C)NP(=S)(OC[C@@]1(C(F)F)O[C@@H](n2ccc(N)nc2=O)[C@H](F)[C@@H]1O)Oc1ccc2ccccc2c1. The Balaban J connectivity index is 1.65. The maximum absolute atomic E-state index is 15.2. The number of nitrogens with two attached hydrogens (primary N) is 1. The van der Waals surface area contributed by atoms with Crippen LogP contribution in [0.4, 0.5) is 19.0 Å². The second-order valence-electron chi connectivity index (χ2n) is 9.90. The molecule has 2 heterocycles. The summed E-state index contributed by atoms with van der Waals surface area (Å²) in [6.45, 7) is -0.409. The van der Waals surface area contributed by atoms with Crippen molar-refractivity contribution in [3.8, 4) is 5.75 Å². The first-order valence-corrected chi connectivity index (χ1v) is 15.4. The first-order chi connectivity index (χ1) is 19.7. The number of rotatable bonds is 11. The summed E-state index contributed by atoms with van der Waals surface area (Å²) in [4.78, 5) is 28.3. The summed E-state index contributed by atoms with van der Waals surface area (Å²) in [6, 6.07) is 12.3. The number of aliphatic hydroxyl groups excluding tert-OH is 1. The van der Waals surface area contributed by atoms with Crippen LogP contribution in [0.3, 0.4) is 0 Å². The van der Waals surface area contributed by atoms with Crippen molar-refractivity contribution < 1.29 is 41.6 Å². The predicted molar refractivity (Wildman–Crippen MR) is 151 cm³/mol. The van der Waals surface area contributed by atoms with Crippen molar-refractivity contribution in [2.75, 3.05) is 12.3 Å². The molecule has 11 nitrogen and oxygen atoms in total. The third kappa shape index (κ3) is 6.77. The second kappa shape index (κ2) is 12.7. The van der Waals surface area contributed by atoms with Gasteiger partial charge in [0.25, 0.3) is 6.43 Å². The molecule has 0 bridgehead atoms. The topological polar surface area (TPSA) is 147 Å². The highest BCUT2D eigenvalue weighted by molar-refractivity contribution is 8.09. The lowest BCUT2D eigenvalue weighted by Gasteiger charge is -2.34. The number of benzene rings is 2. The zero-order chi connectivity index (χ0) is 30.8. The van der Waals surface area contributed by atoms with E-state index < -0.39 is 67.6 Å². The minimum Gasteiger partial charge on any atom is -0.462 e. The van der Waals surface area contributed by atoms with Crippen molar-refractivity contribution in [2.24, 2.45) is 0 Å². The predicted octanol–water partition coefficient (Wildman–Crippen LogP) is 3.46. The number of nitrogen functional groups attached to an aromatic ring is 1. The average Bonchev–Trinajstić information content (AvgIpc) is 3.17. The van der Waals surface area contributed by atoms with Gasteiger partial charge >= 0.3 is 18.3 Å². The number of hydrogen-bond acceptors (Lipinski definition) is 10. The number of ether oxygens (including phenoxy) is 2. The highest BCUT2D eigenvalue weighted by Gasteiger charge is 2.62. The van der Waals surface area contributed by atoms with Crippen LogP contribution < -0.4 is 21.0 Å². The van der Waals surface area contributed by atoms with Gasteiger partial charge in [-0.05, 0) is 61.5 Å². The van der Waals surface area contributed by atoms with Crippen LogP contribution in [0.5, 0.6) is 5.75 Å². The van der Waals surface area contributed by atoms with Crippen LogP contribution in [0.15, 0.2) is 59.5 Å². The van der Waals surface area contributed by atoms with Gasteiger partial charge in [0.05, 0.1) is 12.7 Å². The largest absolute Gasteiger partial charge is 0.462 e. The fourth-order valence-electron chi connectivity index (χ4n) is 4.24. The van der Waals surface area contributed by atoms with E-state index in [2.05, 4.69) is 10.1 Å². The number of aliphatic hydroxyl groups is 1. The van der Waals surface area contributed by atoms with Crippen LogP contribution in [-0.2, 0) is 30.6 Å². The summed E-state index contributed by atoms with van der Waals surface area (Å²) in [6.07, 6.45) is -9.90. The molecule has 1 aliphatic rings. The molecule has 0 radical (unpaired) electrons. The standard InChI is InChI=1S/C26H30F3N4O7PS/c1-14(2)38-23(35)15(3)32-41(42,40-18-9-8-16-6-4-5-7-17(16)12-18)37-13-26(24(28)29)21(34)20(27)22(39-26)33-11-10-19(30)31-25(33)36/h4-12,14-15,20-22,24,34H,13H2,1-3H3,(H,32,42)(H2,30,31,36)/t15-,20+,21-,22+,26+,41?/m0/s1. The lowest BCUT2D eigenvalue weighted by Crippen LogP contribution is -2.52. The van der Waals surface area contributed by atoms with Gasteiger partial charge in [0, 0.05) is 6.20 Å². The molecule has 1 aliphatic heterocycles. The zero-order valence-electron chi connectivity index (χ0n) is 22.7. The second-order valence-corrected chi connectivity index (χ2v) is 13.0. The first-order valence-electron chi connectivity index (χ1n) is 12.8. The Labute approximate surface area is 244 Å². The number of hydrogen-bond donors (Lipinski definition) is 3. The fourth-order valence-corrected chi connectivity index (χ4v) is 6.65. The number of nitrogens with zero attached hydrogens (tertiary/aromatic N) is 2. The lowest BCUT2D eigenvalue weighted by atomic mass is 9.97. The van der Waals surface area contributed by atoms with Gasteiger partial charge < -0.3 is 29.4 Å². The highest BCUT2D eigenvalue weighted by Crippen LogP contribution is 2.50. The molecule has 0 spiro atoms. The number of esters is 1. The van der Waals surface area contributed by atoms with E-state index in [1.165, 1.54) is 6.92 Å². The molecule has 4 rings (SSSR count). The van der Waals surface area contributed by atoms with Gasteiger partial charge in [-0.2, -0.15) is 4.98 Å². The molecule has 0 amide bonds. The fraction of sp³-hybridized carbons (Fsp3) is 0.423. The number of carbonyl (C=O) groups is 1. The number of carbonyl (C=O) groups excluding carboxylic acids is 1. The Morgan fingerprint density at radius 2 is 1.93 bits per heavy atom. The van der Waals surface area contributed by atoms with E-state index in [1.54, 1.807) is 38.1 Å². The van der Waals surface area contributed by atoms with Crippen molar-refractivity contribution in [1.82, 2.24) is 14.6 Å². The molecular weight excluding hydrogens is 600 g/mol. The summed E-state index contributed by atoms with van der Waals surface area (Å²) in [5.74, 6) is -0.713. The number of nitrogens with one attached hydrogen (secondary N) is 1. The Bertz CT molecular complexity index is 1550. The van der Waals surface area contributed by atoms with E-state index in [0.29, 0.717) is 4.57 Å². The summed E-state index contributed by atoms with van der Waals surface area (Å²) in [5, 5.41) is 15.0. The van der Waals surface area contributed by atoms with Crippen LogP contribution in [0, 0.1) is 0 Å². The highest BCUT2D eigenvalue weighted by atomic mass is 32.5. The summed E-state index contributed by atoms with van der Waals surface area (Å²) >= 11 is 5.61. The number of halogens is 3. The van der Waals surface area contributed by atoms with E-state index in [1.807, 2.05) is 18.2 Å². The minimum absolute atomic E-state index is 0.184. The van der Waals surface area contributed by atoms with Crippen LogP contribution in [0.1, 0.15) is 27.0 Å². The third-order valence-electron chi connectivity index (χ3n) is 6.37. The molecule has 3 aromatic rings. The molecule has 2 aromatic carbocycles. The van der Waals surface area contributed by atoms with E-state index in [4.69, 9.17) is 36.1 Å². The molecule has 1 aromatic heterocycles. The summed E-state index contributed by atoms with van der Waals surface area (Å²) in [7, 11) is 0. The molecule has 6 atom stereocenters. The van der Waals surface area contributed by atoms with E-state index in [9.17, 15) is 23.5 Å². The minimum atomic E-state index is -3.92. The summed E-state index contributed by atoms with van der Waals surface area (Å²) < 4.78 is 67.2. The molecule has 16 heteroatoms. The van der Waals surface area contributed by atoms with E-state index in [-0.39, 0.29) is 11.6 Å². The van der Waals surface area contributed by atoms with Crippen molar-refractivity contribution in [2.45, 2.75) is 63.4 Å². The molecular formula is C26H30F3N4O7PS. The van der Waals surface area contributed by atoms with Crippen molar-refractivity contribution >= 4 is 41.0 Å². The Morgan fingerprint density at radius 1 is 1.24 bits per heavy atom. The third-order valence-corrected chi connectivity index (χ3v) is 8.85. The van der Waals surface area contributed by atoms with Crippen LogP contribution >= 0.6 is 6.64 Å². The van der Waals surface area contributed by atoms with Gasteiger partial charge in [0.15, 0.2) is 18.0 Å². The molecule has 1 saturated heterocycles. The molecule has 1 fully saturated rings. The monoisotopic (exact) mass is 630 g/mol. The Kier molecular flexibility index (Phi) is 9.60. The van der Waals surface area contributed by atoms with Crippen LogP contribution in [-0.4, -0.2) is 63.7 Å². The zero-order valence-corrected chi connectivity index (χ0v) is 24.4. The molecule has 4 N–H and O–H groups in total. The number of aromatic nitrogens is 2. The number of alkyl halides is 3. The number of fused-ring (bicyclic) bond motifs is 1. The first kappa shape index (κ1) is 31.9. The maximum atomic E-state index is 15.2. The van der Waals surface area contributed by atoms with Gasteiger partial charge in [-0.15, -0.1) is 0 Å². The van der Waals surface area contributed by atoms with Gasteiger partial charge in [0.2, 0.25) is 0 Å². The Hall–Kier alpha value is -3.07. The van der Waals surface area contributed by atoms with Crippen LogP contribution in [0.2, 0.25) is 0 Å². The molecule has 228 valence electrons. The van der Waals surface area contributed by atoms with Crippen molar-refractivity contribution in [1.29, 1.82) is 0 Å². The van der Waals surface area contributed by atoms with Gasteiger partial charge in [-0.1, -0.05) is 30.3 Å². The quantitative estimate of drug-likeness (QED) is 0.211. The average molecular weight is 631 g/mol. The molecule has 42 heavy (non-hydrogen) atoms. The summed E-state index contributed by atoms with van der Waals surface area (Å²) in [5.41, 5.74) is 1.40. The maximum Gasteiger partial charge on any atom is 0.351 e. The van der Waals surface area contributed by atoms with Gasteiger partial charge in [-0.3, -0.25) is 9.36 Å². The van der Waals surface area contributed by atoms with Gasteiger partial charge in [-0.25, -0.2) is 23.1 Å². The molecule has 0 saturated carbocycles. The van der Waals surface area contributed by atoms with Gasteiger partial charge in [0.1, 0.15) is 23.7 Å². The van der Waals surface area contributed by atoms with Crippen LogP contribution in [0.25, 0.3) is 10.8 Å². The molecule has 1 unspecified atom stereocenters. The van der Waals surface area contributed by atoms with E-state index in [0.717, 1.165) is 23.0 Å². The normalized spacial score (nSPS) is 24.5. The Morgan fingerprint density at radius 3 is 2.57 bits per heavy atom. The smallest absolute Gasteiger partial charge is 0.351 e. The number of anilines is 1. The lowest BCUT2D eigenvalue weighted by molar-refractivity contribution is -0.192. The van der Waals surface area contributed by atoms with Crippen molar-refractivity contribution in [3.05, 3.63) is 65.2 Å². The van der Waals surface area contributed by atoms with Crippen molar-refractivity contribution in [3.63, 3.8) is 0 Å². The van der Waals surface area contributed by atoms with E-state index >= 15 is 4.39 Å².